The minimum absolute atomic E-state index is 0.121. The highest BCUT2D eigenvalue weighted by Gasteiger charge is 2.20. The Morgan fingerprint density at radius 3 is 2.45 bits per heavy atom. The largest absolute Gasteiger partial charge is 0.478 e. The Morgan fingerprint density at radius 1 is 1.14 bits per heavy atom. The van der Waals surface area contributed by atoms with Gasteiger partial charge in [0.05, 0.1) is 5.56 Å². The minimum atomic E-state index is -0.968. The molecule has 0 bridgehead atoms. The summed E-state index contributed by atoms with van der Waals surface area (Å²) in [5, 5.41) is 9.52. The third-order valence-corrected chi connectivity index (χ3v) is 5.02. The number of carbonyl (C=O) groups is 2. The zero-order chi connectivity index (χ0) is 21.0. The molecule has 150 valence electrons. The number of carbonyl (C=O) groups excluding carboxylic acids is 1. The summed E-state index contributed by atoms with van der Waals surface area (Å²) in [6, 6.07) is 14.4. The molecule has 0 saturated carbocycles. The van der Waals surface area contributed by atoms with Crippen molar-refractivity contribution < 1.29 is 14.7 Å². The van der Waals surface area contributed by atoms with Crippen molar-refractivity contribution in [2.75, 3.05) is 0 Å². The van der Waals surface area contributed by atoms with Crippen LogP contribution >= 0.6 is 11.6 Å². The van der Waals surface area contributed by atoms with Gasteiger partial charge in [0, 0.05) is 13.0 Å². The number of nitrogens with two attached hydrogens (primary N) is 1. The molecule has 2 aromatic carbocycles. The molecule has 0 radical (unpaired) electrons. The van der Waals surface area contributed by atoms with Crippen LogP contribution in [0.1, 0.15) is 52.0 Å². The van der Waals surface area contributed by atoms with Crippen LogP contribution in [0, 0.1) is 0 Å². The van der Waals surface area contributed by atoms with Gasteiger partial charge in [-0.3, -0.25) is 4.79 Å². The first kappa shape index (κ1) is 20.6. The Bertz CT molecular complexity index is 1040. The van der Waals surface area contributed by atoms with Crippen LogP contribution in [0.2, 0.25) is 5.15 Å². The van der Waals surface area contributed by atoms with Crippen LogP contribution < -0.4 is 5.73 Å². The summed E-state index contributed by atoms with van der Waals surface area (Å²) in [6.07, 6.45) is 2.62. The van der Waals surface area contributed by atoms with Crippen molar-refractivity contribution in [2.24, 2.45) is 5.73 Å². The molecule has 0 unspecified atom stereocenters. The van der Waals surface area contributed by atoms with Gasteiger partial charge in [0.25, 0.3) is 5.91 Å². The molecular formula is C22H22ClN3O3. The zero-order valence-electron chi connectivity index (χ0n) is 16.1. The Hall–Kier alpha value is -3.12. The molecule has 3 N–H and O–H groups in total. The summed E-state index contributed by atoms with van der Waals surface area (Å²) in [6.45, 7) is 2.48. The van der Waals surface area contributed by atoms with Gasteiger partial charge in [-0.25, -0.2) is 9.78 Å². The lowest BCUT2D eigenvalue weighted by atomic mass is 9.99. The van der Waals surface area contributed by atoms with Gasteiger partial charge >= 0.3 is 5.97 Å². The third kappa shape index (κ3) is 4.49. The molecule has 0 aliphatic carbocycles. The fraction of sp³-hybridized carbons (Fsp3) is 0.227. The van der Waals surface area contributed by atoms with E-state index in [1.165, 1.54) is 0 Å². The van der Waals surface area contributed by atoms with E-state index in [9.17, 15) is 14.7 Å². The molecule has 0 spiro atoms. The predicted octanol–water partition coefficient (Wildman–Crippen LogP) is 4.39. The molecule has 6 nitrogen and oxygen atoms in total. The van der Waals surface area contributed by atoms with Crippen molar-refractivity contribution >= 4 is 23.5 Å². The van der Waals surface area contributed by atoms with E-state index in [1.54, 1.807) is 22.8 Å². The number of halogens is 1. The maximum absolute atomic E-state index is 11.9. The standard InChI is InChI=1S/C22H22ClN3O3/c1-2-3-8-18-25-20(23)19(21(24)27)26(18)13-14-9-11-15(12-10-14)16-6-4-5-7-17(16)22(28)29/h4-7,9-12H,2-3,8,13H2,1H3,(H2,24,27)(H,28,29). The lowest BCUT2D eigenvalue weighted by Crippen LogP contribution is -2.19. The van der Waals surface area contributed by atoms with Gasteiger partial charge in [0.15, 0.2) is 5.15 Å². The highest BCUT2D eigenvalue weighted by Crippen LogP contribution is 2.25. The number of aromatic nitrogens is 2. The molecule has 0 saturated heterocycles. The van der Waals surface area contributed by atoms with Crippen LogP contribution in [-0.2, 0) is 13.0 Å². The first-order valence-electron chi connectivity index (χ1n) is 9.38. The molecule has 1 heterocycles. The van der Waals surface area contributed by atoms with Gasteiger partial charge < -0.3 is 15.4 Å². The second-order valence-electron chi connectivity index (χ2n) is 6.77. The van der Waals surface area contributed by atoms with E-state index in [4.69, 9.17) is 17.3 Å². The summed E-state index contributed by atoms with van der Waals surface area (Å²) in [5.41, 5.74) is 8.35. The van der Waals surface area contributed by atoms with Crippen molar-refractivity contribution in [2.45, 2.75) is 32.7 Å². The van der Waals surface area contributed by atoms with Crippen molar-refractivity contribution in [3.63, 3.8) is 0 Å². The number of nitrogens with zero attached hydrogens (tertiary/aromatic N) is 2. The van der Waals surface area contributed by atoms with Gasteiger partial charge in [0.2, 0.25) is 0 Å². The van der Waals surface area contributed by atoms with E-state index in [-0.39, 0.29) is 16.4 Å². The average Bonchev–Trinajstić information content (AvgIpc) is 3.02. The number of unbranched alkanes of at least 4 members (excludes halogenated alkanes) is 1. The van der Waals surface area contributed by atoms with Crippen molar-refractivity contribution in [1.82, 2.24) is 9.55 Å². The number of hydrogen-bond acceptors (Lipinski definition) is 3. The molecule has 3 rings (SSSR count). The first-order chi connectivity index (χ1) is 13.9. The second-order valence-corrected chi connectivity index (χ2v) is 7.13. The number of benzene rings is 2. The molecule has 1 aromatic heterocycles. The lowest BCUT2D eigenvalue weighted by Gasteiger charge is -2.12. The summed E-state index contributed by atoms with van der Waals surface area (Å²) < 4.78 is 1.76. The number of aryl methyl sites for hydroxylation is 1. The van der Waals surface area contributed by atoms with Gasteiger partial charge in [-0.15, -0.1) is 0 Å². The normalized spacial score (nSPS) is 10.8. The summed E-state index contributed by atoms with van der Waals surface area (Å²) >= 11 is 6.15. The van der Waals surface area contributed by atoms with Crippen LogP contribution in [0.25, 0.3) is 11.1 Å². The van der Waals surface area contributed by atoms with Gasteiger partial charge in [-0.05, 0) is 29.2 Å². The van der Waals surface area contributed by atoms with Crippen LogP contribution in [-0.4, -0.2) is 26.5 Å². The van der Waals surface area contributed by atoms with Gasteiger partial charge in [-0.1, -0.05) is 67.4 Å². The zero-order valence-corrected chi connectivity index (χ0v) is 16.8. The SMILES string of the molecule is CCCCc1nc(Cl)c(C(N)=O)n1Cc1ccc(-c2ccccc2C(=O)O)cc1. The number of amides is 1. The Balaban J connectivity index is 1.93. The molecule has 0 fully saturated rings. The molecule has 0 atom stereocenters. The van der Waals surface area contributed by atoms with Crippen molar-refractivity contribution in [3.05, 3.63) is 76.3 Å². The van der Waals surface area contributed by atoms with Crippen LogP contribution in [0.5, 0.6) is 0 Å². The van der Waals surface area contributed by atoms with Gasteiger partial charge in [0.1, 0.15) is 11.5 Å². The molecular weight excluding hydrogens is 390 g/mol. The molecule has 29 heavy (non-hydrogen) atoms. The smallest absolute Gasteiger partial charge is 0.336 e. The van der Waals surface area contributed by atoms with Crippen LogP contribution in [0.3, 0.4) is 0 Å². The average molecular weight is 412 g/mol. The van der Waals surface area contributed by atoms with Crippen molar-refractivity contribution in [1.29, 1.82) is 0 Å². The van der Waals surface area contributed by atoms with E-state index in [0.29, 0.717) is 18.5 Å². The molecule has 3 aromatic rings. The highest BCUT2D eigenvalue weighted by atomic mass is 35.5. The summed E-state index contributed by atoms with van der Waals surface area (Å²) in [5.74, 6) is -0.854. The monoisotopic (exact) mass is 411 g/mol. The lowest BCUT2D eigenvalue weighted by molar-refractivity contribution is 0.0697. The first-order valence-corrected chi connectivity index (χ1v) is 9.76. The predicted molar refractivity (Wildman–Crippen MR) is 112 cm³/mol. The quantitative estimate of drug-likeness (QED) is 0.574. The van der Waals surface area contributed by atoms with Crippen molar-refractivity contribution in [3.8, 4) is 11.1 Å². The summed E-state index contributed by atoms with van der Waals surface area (Å²) in [7, 11) is 0. The number of hydrogen-bond donors (Lipinski definition) is 2. The topological polar surface area (TPSA) is 98.2 Å². The number of aromatic carboxylic acids is 1. The molecule has 0 aliphatic heterocycles. The van der Waals surface area contributed by atoms with E-state index in [1.807, 2.05) is 30.3 Å². The molecule has 1 amide bonds. The Labute approximate surface area is 173 Å². The Kier molecular flexibility index (Phi) is 6.34. The Morgan fingerprint density at radius 2 is 1.83 bits per heavy atom. The minimum Gasteiger partial charge on any atom is -0.478 e. The van der Waals surface area contributed by atoms with E-state index in [2.05, 4.69) is 11.9 Å². The van der Waals surface area contributed by atoms with E-state index < -0.39 is 11.9 Å². The van der Waals surface area contributed by atoms with E-state index >= 15 is 0 Å². The summed E-state index contributed by atoms with van der Waals surface area (Å²) in [4.78, 5) is 27.7. The van der Waals surface area contributed by atoms with Gasteiger partial charge in [-0.2, -0.15) is 0 Å². The third-order valence-electron chi connectivity index (χ3n) is 4.75. The van der Waals surface area contributed by atoms with Crippen LogP contribution in [0.15, 0.2) is 48.5 Å². The fourth-order valence-electron chi connectivity index (χ4n) is 3.29. The number of carboxylic acid groups (broad SMARTS) is 1. The maximum atomic E-state index is 11.9. The number of carboxylic acids is 1. The maximum Gasteiger partial charge on any atom is 0.336 e. The number of imidazole rings is 1. The second kappa shape index (κ2) is 8.92. The number of primary amides is 1. The van der Waals surface area contributed by atoms with Crippen LogP contribution in [0.4, 0.5) is 0 Å². The molecule has 0 aliphatic rings. The molecule has 7 heteroatoms. The number of rotatable bonds is 8. The highest BCUT2D eigenvalue weighted by molar-refractivity contribution is 6.32. The van der Waals surface area contributed by atoms with E-state index in [0.717, 1.165) is 29.8 Å². The fourth-order valence-corrected chi connectivity index (χ4v) is 3.58.